The Kier molecular flexibility index (Phi) is 5.33. The predicted octanol–water partition coefficient (Wildman–Crippen LogP) is 2.89. The van der Waals surface area contributed by atoms with Crippen LogP contribution in [-0.4, -0.2) is 17.7 Å². The summed E-state index contributed by atoms with van der Waals surface area (Å²) in [5, 5.41) is 15.2. The first-order valence-corrected chi connectivity index (χ1v) is 8.21. The van der Waals surface area contributed by atoms with E-state index >= 15 is 0 Å². The molecule has 126 valence electrons. The number of amides is 2. The maximum Gasteiger partial charge on any atom is 0.315 e. The van der Waals surface area contributed by atoms with E-state index in [2.05, 4.69) is 10.6 Å². The van der Waals surface area contributed by atoms with E-state index in [9.17, 15) is 9.90 Å². The molecule has 2 amide bonds. The summed E-state index contributed by atoms with van der Waals surface area (Å²) in [6, 6.07) is 15.1. The Hall–Kier alpha value is -2.53. The number of hydrogen-bond donors (Lipinski definition) is 3. The summed E-state index contributed by atoms with van der Waals surface area (Å²) in [5.41, 5.74) is 2.76. The van der Waals surface area contributed by atoms with Gasteiger partial charge in [0, 0.05) is 12.1 Å². The molecule has 0 fully saturated rings. The van der Waals surface area contributed by atoms with Crippen LogP contribution in [0.1, 0.15) is 35.6 Å². The average Bonchev–Trinajstić information content (AvgIpc) is 2.83. The number of ether oxygens (including phenoxy) is 1. The van der Waals surface area contributed by atoms with E-state index in [1.807, 2.05) is 48.5 Å². The van der Waals surface area contributed by atoms with Gasteiger partial charge in [-0.25, -0.2) is 4.79 Å². The van der Waals surface area contributed by atoms with Gasteiger partial charge in [-0.1, -0.05) is 42.5 Å². The van der Waals surface area contributed by atoms with Crippen molar-refractivity contribution in [2.75, 3.05) is 6.61 Å². The Morgan fingerprint density at radius 3 is 2.71 bits per heavy atom. The van der Waals surface area contributed by atoms with Crippen LogP contribution in [0, 0.1) is 0 Å². The number of rotatable bonds is 4. The maximum atomic E-state index is 12.3. The SMILES string of the molecule is O=C(NCc1ccccc1CO)NC1CCCOc2ccccc21. The normalized spacial score (nSPS) is 16.5. The van der Waals surface area contributed by atoms with E-state index in [4.69, 9.17) is 4.74 Å². The Morgan fingerprint density at radius 2 is 1.88 bits per heavy atom. The number of urea groups is 1. The Labute approximate surface area is 141 Å². The number of hydrogen-bond acceptors (Lipinski definition) is 3. The predicted molar refractivity (Wildman–Crippen MR) is 91.6 cm³/mol. The lowest BCUT2D eigenvalue weighted by atomic mass is 10.0. The molecule has 1 atom stereocenters. The summed E-state index contributed by atoms with van der Waals surface area (Å²) in [7, 11) is 0. The topological polar surface area (TPSA) is 70.6 Å². The fraction of sp³-hybridized carbons (Fsp3) is 0.316. The standard InChI is InChI=1S/C19H22N2O3/c22-13-15-7-2-1-6-14(15)12-20-19(23)21-17-9-5-11-24-18-10-4-3-8-16(17)18/h1-4,6-8,10,17,22H,5,9,11-13H2,(H2,20,21,23). The summed E-state index contributed by atoms with van der Waals surface area (Å²) in [5.74, 6) is 0.839. The highest BCUT2D eigenvalue weighted by atomic mass is 16.5. The molecule has 0 spiro atoms. The number of benzene rings is 2. The van der Waals surface area contributed by atoms with Gasteiger partial charge in [-0.2, -0.15) is 0 Å². The second-order valence-electron chi connectivity index (χ2n) is 5.83. The molecule has 5 nitrogen and oxygen atoms in total. The third kappa shape index (κ3) is 3.86. The fourth-order valence-electron chi connectivity index (χ4n) is 2.94. The zero-order valence-corrected chi connectivity index (χ0v) is 13.5. The molecule has 2 aromatic carbocycles. The number of carbonyl (C=O) groups is 1. The third-order valence-corrected chi connectivity index (χ3v) is 4.22. The lowest BCUT2D eigenvalue weighted by Gasteiger charge is -2.19. The molecule has 0 radical (unpaired) electrons. The summed E-state index contributed by atoms with van der Waals surface area (Å²) in [6.45, 7) is 1.01. The molecular weight excluding hydrogens is 304 g/mol. The molecule has 3 rings (SSSR count). The fourth-order valence-corrected chi connectivity index (χ4v) is 2.94. The van der Waals surface area contributed by atoms with E-state index < -0.39 is 0 Å². The van der Waals surface area contributed by atoms with Crippen LogP contribution in [0.4, 0.5) is 4.79 Å². The number of para-hydroxylation sites is 1. The van der Waals surface area contributed by atoms with Crippen LogP contribution in [0.3, 0.4) is 0 Å². The van der Waals surface area contributed by atoms with Crippen molar-refractivity contribution in [2.45, 2.75) is 32.0 Å². The second kappa shape index (κ2) is 7.84. The summed E-state index contributed by atoms with van der Waals surface area (Å²) < 4.78 is 5.72. The molecular formula is C19H22N2O3. The van der Waals surface area contributed by atoms with Crippen LogP contribution in [0.15, 0.2) is 48.5 Å². The van der Waals surface area contributed by atoms with Crippen LogP contribution in [0.25, 0.3) is 0 Å². The van der Waals surface area contributed by atoms with Gasteiger partial charge >= 0.3 is 6.03 Å². The van der Waals surface area contributed by atoms with Crippen molar-refractivity contribution >= 4 is 6.03 Å². The molecule has 1 aliphatic rings. The van der Waals surface area contributed by atoms with Gasteiger partial charge < -0.3 is 20.5 Å². The molecule has 1 aliphatic heterocycles. The smallest absolute Gasteiger partial charge is 0.315 e. The first kappa shape index (κ1) is 16.3. The van der Waals surface area contributed by atoms with Crippen LogP contribution < -0.4 is 15.4 Å². The third-order valence-electron chi connectivity index (χ3n) is 4.22. The van der Waals surface area contributed by atoms with Gasteiger partial charge in [0.1, 0.15) is 5.75 Å². The molecule has 0 saturated heterocycles. The zero-order valence-electron chi connectivity index (χ0n) is 13.5. The highest BCUT2D eigenvalue weighted by molar-refractivity contribution is 5.74. The molecule has 0 saturated carbocycles. The molecule has 5 heteroatoms. The van der Waals surface area contributed by atoms with Crippen molar-refractivity contribution in [1.82, 2.24) is 10.6 Å². The van der Waals surface area contributed by atoms with E-state index in [0.29, 0.717) is 13.2 Å². The average molecular weight is 326 g/mol. The lowest BCUT2D eigenvalue weighted by Crippen LogP contribution is -2.37. The summed E-state index contributed by atoms with van der Waals surface area (Å²) in [6.07, 6.45) is 1.74. The van der Waals surface area contributed by atoms with Gasteiger partial charge in [-0.15, -0.1) is 0 Å². The molecule has 2 aromatic rings. The minimum absolute atomic E-state index is 0.0349. The number of aliphatic hydroxyl groups is 1. The van der Waals surface area contributed by atoms with Gasteiger partial charge in [-0.3, -0.25) is 0 Å². The van der Waals surface area contributed by atoms with Gasteiger partial charge in [0.15, 0.2) is 0 Å². The molecule has 0 aliphatic carbocycles. The Morgan fingerprint density at radius 1 is 1.12 bits per heavy atom. The summed E-state index contributed by atoms with van der Waals surface area (Å²) in [4.78, 5) is 12.3. The highest BCUT2D eigenvalue weighted by Gasteiger charge is 2.21. The number of aliphatic hydroxyl groups excluding tert-OH is 1. The van der Waals surface area contributed by atoms with Gasteiger partial charge in [0.05, 0.1) is 19.3 Å². The van der Waals surface area contributed by atoms with Crippen molar-refractivity contribution in [3.63, 3.8) is 0 Å². The number of carbonyl (C=O) groups excluding carboxylic acids is 1. The molecule has 24 heavy (non-hydrogen) atoms. The van der Waals surface area contributed by atoms with Crippen molar-refractivity contribution in [1.29, 1.82) is 0 Å². The van der Waals surface area contributed by atoms with Crippen LogP contribution >= 0.6 is 0 Å². The number of fused-ring (bicyclic) bond motifs is 1. The first-order valence-electron chi connectivity index (χ1n) is 8.21. The largest absolute Gasteiger partial charge is 0.493 e. The van der Waals surface area contributed by atoms with Crippen molar-refractivity contribution in [2.24, 2.45) is 0 Å². The lowest BCUT2D eigenvalue weighted by molar-refractivity contribution is 0.235. The van der Waals surface area contributed by atoms with Crippen LogP contribution in [0.5, 0.6) is 5.75 Å². The number of nitrogens with one attached hydrogen (secondary N) is 2. The van der Waals surface area contributed by atoms with Crippen molar-refractivity contribution in [3.8, 4) is 5.75 Å². The van der Waals surface area contributed by atoms with Crippen molar-refractivity contribution in [3.05, 3.63) is 65.2 Å². The second-order valence-corrected chi connectivity index (χ2v) is 5.83. The molecule has 1 unspecified atom stereocenters. The molecule has 0 bridgehead atoms. The van der Waals surface area contributed by atoms with Crippen molar-refractivity contribution < 1.29 is 14.6 Å². The van der Waals surface area contributed by atoms with E-state index in [-0.39, 0.29) is 18.7 Å². The van der Waals surface area contributed by atoms with Crippen LogP contribution in [-0.2, 0) is 13.2 Å². The minimum atomic E-state index is -0.218. The minimum Gasteiger partial charge on any atom is -0.493 e. The van der Waals surface area contributed by atoms with E-state index in [1.54, 1.807) is 0 Å². The highest BCUT2D eigenvalue weighted by Crippen LogP contribution is 2.30. The Balaban J connectivity index is 1.63. The zero-order chi connectivity index (χ0) is 16.8. The van der Waals surface area contributed by atoms with E-state index in [1.165, 1.54) is 0 Å². The molecule has 0 aromatic heterocycles. The van der Waals surface area contributed by atoms with Gasteiger partial charge in [0.2, 0.25) is 0 Å². The molecule has 1 heterocycles. The molecule has 3 N–H and O–H groups in total. The monoisotopic (exact) mass is 326 g/mol. The van der Waals surface area contributed by atoms with E-state index in [0.717, 1.165) is 35.3 Å². The quantitative estimate of drug-likeness (QED) is 0.809. The van der Waals surface area contributed by atoms with Crippen LogP contribution in [0.2, 0.25) is 0 Å². The van der Waals surface area contributed by atoms with Gasteiger partial charge in [-0.05, 0) is 30.0 Å². The first-order chi connectivity index (χ1) is 11.8. The van der Waals surface area contributed by atoms with Gasteiger partial charge in [0.25, 0.3) is 0 Å². The summed E-state index contributed by atoms with van der Waals surface area (Å²) >= 11 is 0. The Bertz CT molecular complexity index is 703. The maximum absolute atomic E-state index is 12.3.